The van der Waals surface area contributed by atoms with Crippen LogP contribution in [0.15, 0.2) is 52.5 Å². The Morgan fingerprint density at radius 1 is 1.15 bits per heavy atom. The fourth-order valence-electron chi connectivity index (χ4n) is 2.60. The van der Waals surface area contributed by atoms with Gasteiger partial charge in [-0.2, -0.15) is 13.2 Å². The summed E-state index contributed by atoms with van der Waals surface area (Å²) < 4.78 is 63.1. The number of alkyl halides is 3. The van der Waals surface area contributed by atoms with Crippen molar-refractivity contribution in [3.63, 3.8) is 0 Å². The first-order valence-corrected chi connectivity index (χ1v) is 9.69. The molecule has 10 heteroatoms. The monoisotopic (exact) mass is 399 g/mol. The molecule has 27 heavy (non-hydrogen) atoms. The Morgan fingerprint density at radius 2 is 1.78 bits per heavy atom. The number of aliphatic hydroxyl groups is 1. The fraction of sp³-hybridized carbons (Fsp3) is 0.294. The molecule has 3 rings (SSSR count). The lowest BCUT2D eigenvalue weighted by Gasteiger charge is -2.25. The summed E-state index contributed by atoms with van der Waals surface area (Å²) in [4.78, 5) is 8.80. The molecule has 0 amide bonds. The molecule has 144 valence electrons. The third-order valence-electron chi connectivity index (χ3n) is 4.10. The van der Waals surface area contributed by atoms with Gasteiger partial charge in [0.1, 0.15) is 5.69 Å². The number of aliphatic imine (C=N–C) groups is 1. The highest BCUT2D eigenvalue weighted by molar-refractivity contribution is 7.90. The van der Waals surface area contributed by atoms with E-state index in [2.05, 4.69) is 9.98 Å². The fourth-order valence-corrected chi connectivity index (χ4v) is 3.23. The van der Waals surface area contributed by atoms with Gasteiger partial charge in [-0.15, -0.1) is 0 Å². The molecule has 1 aliphatic heterocycles. The highest BCUT2D eigenvalue weighted by Gasteiger charge is 2.59. The highest BCUT2D eigenvalue weighted by atomic mass is 32.2. The van der Waals surface area contributed by atoms with Crippen molar-refractivity contribution < 1.29 is 26.7 Å². The number of hydrogen-bond donors (Lipinski definition) is 1. The molecule has 2 aromatic rings. The topological polar surface area (TPSA) is 82.9 Å². The zero-order valence-corrected chi connectivity index (χ0v) is 15.2. The maximum absolute atomic E-state index is 13.3. The Morgan fingerprint density at radius 3 is 2.26 bits per heavy atom. The molecule has 2 heterocycles. The molecule has 0 radical (unpaired) electrons. The molecule has 0 bridgehead atoms. The molecule has 0 aliphatic carbocycles. The van der Waals surface area contributed by atoms with Gasteiger partial charge in [-0.1, -0.05) is 6.07 Å². The molecule has 6 nitrogen and oxygen atoms in total. The Hall–Kier alpha value is -2.46. The van der Waals surface area contributed by atoms with E-state index in [9.17, 15) is 26.7 Å². The lowest BCUT2D eigenvalue weighted by Crippen LogP contribution is -2.47. The van der Waals surface area contributed by atoms with Crippen molar-refractivity contribution in [2.24, 2.45) is 4.99 Å². The number of β-amino-alcohol motifs (C(OH)–C–C–N with tert-alkyl or cyclic N) is 1. The number of amidine groups is 1. The zero-order valence-electron chi connectivity index (χ0n) is 14.4. The minimum absolute atomic E-state index is 0.0310. The van der Waals surface area contributed by atoms with Crippen LogP contribution in [0.25, 0.3) is 0 Å². The van der Waals surface area contributed by atoms with Crippen molar-refractivity contribution >= 4 is 21.4 Å². The van der Waals surface area contributed by atoms with Crippen LogP contribution in [0.4, 0.5) is 18.9 Å². The van der Waals surface area contributed by atoms with E-state index in [1.54, 1.807) is 13.0 Å². The zero-order chi connectivity index (χ0) is 20.0. The number of hydrogen-bond acceptors (Lipinski definition) is 6. The van der Waals surface area contributed by atoms with E-state index in [0.29, 0.717) is 0 Å². The predicted octanol–water partition coefficient (Wildman–Crippen LogP) is 2.31. The minimum atomic E-state index is -4.98. The standard InChI is InChI=1S/C17H16F3N3O3S/c1-11-3-8-14(21-9-11)15-22-16(24,17(18,19)20)10-23(15)12-4-6-13(7-5-12)27(2,25)26/h3-9,24H,10H2,1-2H3. The van der Waals surface area contributed by atoms with E-state index in [1.165, 1.54) is 36.5 Å². The van der Waals surface area contributed by atoms with Crippen molar-refractivity contribution in [2.45, 2.75) is 23.7 Å². The van der Waals surface area contributed by atoms with Gasteiger partial charge in [-0.3, -0.25) is 4.98 Å². The van der Waals surface area contributed by atoms with Gasteiger partial charge in [0, 0.05) is 18.1 Å². The molecule has 0 spiro atoms. The van der Waals surface area contributed by atoms with Crippen LogP contribution in [0.2, 0.25) is 0 Å². The van der Waals surface area contributed by atoms with Crippen LogP contribution in [-0.4, -0.2) is 49.0 Å². The first-order chi connectivity index (χ1) is 12.4. The number of rotatable bonds is 3. The molecule has 1 N–H and O–H groups in total. The Balaban J connectivity index is 2.07. The average Bonchev–Trinajstić information content (AvgIpc) is 2.94. The van der Waals surface area contributed by atoms with E-state index in [1.807, 2.05) is 0 Å². The van der Waals surface area contributed by atoms with Crippen LogP contribution in [-0.2, 0) is 9.84 Å². The van der Waals surface area contributed by atoms with Gasteiger partial charge >= 0.3 is 6.18 Å². The summed E-state index contributed by atoms with van der Waals surface area (Å²) in [6, 6.07) is 8.48. The molecular weight excluding hydrogens is 383 g/mol. The second-order valence-electron chi connectivity index (χ2n) is 6.32. The summed E-state index contributed by atoms with van der Waals surface area (Å²) in [5, 5.41) is 10.1. The lowest BCUT2D eigenvalue weighted by molar-refractivity contribution is -0.249. The van der Waals surface area contributed by atoms with Crippen LogP contribution >= 0.6 is 0 Å². The quantitative estimate of drug-likeness (QED) is 0.857. The molecule has 1 atom stereocenters. The Labute approximate surface area is 153 Å². The van der Waals surface area contributed by atoms with E-state index >= 15 is 0 Å². The van der Waals surface area contributed by atoms with Crippen LogP contribution in [0.1, 0.15) is 11.3 Å². The molecule has 1 aliphatic rings. The number of aryl methyl sites for hydroxylation is 1. The number of benzene rings is 1. The van der Waals surface area contributed by atoms with Gasteiger partial charge < -0.3 is 10.0 Å². The van der Waals surface area contributed by atoms with Crippen LogP contribution in [0.3, 0.4) is 0 Å². The van der Waals surface area contributed by atoms with Gasteiger partial charge in [0.15, 0.2) is 15.7 Å². The smallest absolute Gasteiger partial charge is 0.361 e. The number of nitrogens with zero attached hydrogens (tertiary/aromatic N) is 3. The van der Waals surface area contributed by atoms with Crippen molar-refractivity contribution in [2.75, 3.05) is 17.7 Å². The maximum atomic E-state index is 13.3. The highest BCUT2D eigenvalue weighted by Crippen LogP contribution is 2.38. The molecule has 1 unspecified atom stereocenters. The lowest BCUT2D eigenvalue weighted by atomic mass is 10.2. The van der Waals surface area contributed by atoms with Crippen molar-refractivity contribution in [1.29, 1.82) is 0 Å². The van der Waals surface area contributed by atoms with E-state index in [4.69, 9.17) is 0 Å². The van der Waals surface area contributed by atoms with Crippen molar-refractivity contribution in [3.05, 3.63) is 53.9 Å². The average molecular weight is 399 g/mol. The van der Waals surface area contributed by atoms with Crippen LogP contribution < -0.4 is 4.90 Å². The van der Waals surface area contributed by atoms with E-state index in [-0.39, 0.29) is 22.1 Å². The summed E-state index contributed by atoms with van der Waals surface area (Å²) >= 11 is 0. The second-order valence-corrected chi connectivity index (χ2v) is 8.34. The summed E-state index contributed by atoms with van der Waals surface area (Å²) in [5.41, 5.74) is -2.06. The summed E-state index contributed by atoms with van der Waals surface area (Å²) in [6.45, 7) is 0.917. The molecular formula is C17H16F3N3O3S. The van der Waals surface area contributed by atoms with E-state index in [0.717, 1.165) is 16.7 Å². The number of pyridine rings is 1. The third-order valence-corrected chi connectivity index (χ3v) is 5.22. The Kier molecular flexibility index (Phi) is 4.51. The number of halogens is 3. The molecule has 1 aromatic heterocycles. The normalized spacial score (nSPS) is 20.7. The van der Waals surface area contributed by atoms with Crippen molar-refractivity contribution in [1.82, 2.24) is 4.98 Å². The van der Waals surface area contributed by atoms with E-state index < -0.39 is 28.3 Å². The van der Waals surface area contributed by atoms with Gasteiger partial charge in [0.2, 0.25) is 0 Å². The summed E-state index contributed by atoms with van der Waals surface area (Å²) in [6.07, 6.45) is -2.47. The molecule has 0 saturated carbocycles. The van der Waals surface area contributed by atoms with Gasteiger partial charge in [0.05, 0.1) is 11.4 Å². The first-order valence-electron chi connectivity index (χ1n) is 7.80. The number of aromatic nitrogens is 1. The predicted molar refractivity (Wildman–Crippen MR) is 93.4 cm³/mol. The number of sulfone groups is 1. The van der Waals surface area contributed by atoms with Crippen LogP contribution in [0.5, 0.6) is 0 Å². The largest absolute Gasteiger partial charge is 0.440 e. The molecule has 1 aromatic carbocycles. The van der Waals surface area contributed by atoms with Crippen LogP contribution in [0, 0.1) is 6.92 Å². The van der Waals surface area contributed by atoms with Gasteiger partial charge in [-0.05, 0) is 42.8 Å². The van der Waals surface area contributed by atoms with Gasteiger partial charge in [0.25, 0.3) is 5.72 Å². The summed E-state index contributed by atoms with van der Waals surface area (Å²) in [7, 11) is -3.45. The molecule has 0 saturated heterocycles. The molecule has 0 fully saturated rings. The third kappa shape index (κ3) is 3.67. The van der Waals surface area contributed by atoms with Gasteiger partial charge in [-0.25, -0.2) is 13.4 Å². The number of anilines is 1. The maximum Gasteiger partial charge on any atom is 0.440 e. The SMILES string of the molecule is Cc1ccc(C2=NC(O)(C(F)(F)F)CN2c2ccc(S(C)(=O)=O)cc2)nc1. The minimum Gasteiger partial charge on any atom is -0.361 e. The Bertz CT molecular complexity index is 987. The van der Waals surface area contributed by atoms with Crippen molar-refractivity contribution in [3.8, 4) is 0 Å². The first kappa shape index (κ1) is 19.3. The second kappa shape index (κ2) is 6.31. The summed E-state index contributed by atoms with van der Waals surface area (Å²) in [5.74, 6) is -0.151.